The monoisotopic (exact) mass is 358 g/mol. The lowest BCUT2D eigenvalue weighted by Crippen LogP contribution is -2.21. The third kappa shape index (κ3) is 3.61. The Morgan fingerprint density at radius 1 is 0.958 bits per heavy atom. The summed E-state index contributed by atoms with van der Waals surface area (Å²) in [5, 5.41) is 3.48. The molecule has 1 aliphatic rings. The van der Waals surface area contributed by atoms with Crippen molar-refractivity contribution < 1.29 is 14.4 Å². The third-order valence-electron chi connectivity index (χ3n) is 4.26. The zero-order valence-electron chi connectivity index (χ0n) is 13.4. The maximum absolute atomic E-state index is 11.8. The molecule has 0 unspecified atom stereocenters. The molecular weight excluding hydrogens is 338 g/mol. The Bertz CT molecular complexity index is 754. The highest BCUT2D eigenvalue weighted by Crippen LogP contribution is 2.56. The Hall–Kier alpha value is -1.50. The molecule has 0 radical (unpaired) electrons. The second-order valence-corrected chi connectivity index (χ2v) is 10.1. The third-order valence-corrected chi connectivity index (χ3v) is 8.24. The van der Waals surface area contributed by atoms with Gasteiger partial charge in [-0.25, -0.2) is 0 Å². The molecule has 1 aliphatic carbocycles. The summed E-state index contributed by atoms with van der Waals surface area (Å²) in [6, 6.07) is 20.4. The highest BCUT2D eigenvalue weighted by Gasteiger charge is 2.37. The predicted octanol–water partition coefficient (Wildman–Crippen LogP) is 3.76. The van der Waals surface area contributed by atoms with Crippen LogP contribution < -0.4 is 10.6 Å². The fraction of sp³-hybridized carbons (Fsp3) is 0.158. The van der Waals surface area contributed by atoms with Crippen molar-refractivity contribution >= 4 is 26.1 Å². The van der Waals surface area contributed by atoms with Gasteiger partial charge in [-0.05, 0) is 23.8 Å². The SMILES string of the molecule is C[C@H]([C@@H]1C=CC=C1P(c1ccccc1)c1ccccc1)P(=O)(O)O. The lowest BCUT2D eigenvalue weighted by atomic mass is 10.1. The maximum atomic E-state index is 11.8. The van der Waals surface area contributed by atoms with Crippen molar-refractivity contribution in [3.05, 3.63) is 84.2 Å². The molecule has 0 saturated heterocycles. The van der Waals surface area contributed by atoms with E-state index in [9.17, 15) is 14.4 Å². The van der Waals surface area contributed by atoms with Crippen molar-refractivity contribution in [2.75, 3.05) is 0 Å². The molecule has 3 nitrogen and oxygen atoms in total. The van der Waals surface area contributed by atoms with Crippen LogP contribution in [0.1, 0.15) is 6.92 Å². The molecule has 5 heteroatoms. The normalized spacial score (nSPS) is 18.7. The summed E-state index contributed by atoms with van der Waals surface area (Å²) < 4.78 is 11.8. The van der Waals surface area contributed by atoms with Crippen molar-refractivity contribution in [2.45, 2.75) is 12.6 Å². The van der Waals surface area contributed by atoms with Gasteiger partial charge in [-0.3, -0.25) is 4.57 Å². The molecule has 0 spiro atoms. The molecule has 0 saturated carbocycles. The lowest BCUT2D eigenvalue weighted by Gasteiger charge is -2.29. The van der Waals surface area contributed by atoms with E-state index in [1.165, 1.54) is 10.6 Å². The first kappa shape index (κ1) is 17.3. The smallest absolute Gasteiger partial charge is 0.324 e. The van der Waals surface area contributed by atoms with Gasteiger partial charge in [0.1, 0.15) is 0 Å². The molecule has 3 rings (SSSR count). The highest BCUT2D eigenvalue weighted by molar-refractivity contribution is 7.76. The van der Waals surface area contributed by atoms with E-state index in [2.05, 4.69) is 24.3 Å². The summed E-state index contributed by atoms with van der Waals surface area (Å²) in [6.45, 7) is 1.64. The molecule has 24 heavy (non-hydrogen) atoms. The summed E-state index contributed by atoms with van der Waals surface area (Å²) in [7, 11) is -4.96. The Labute approximate surface area is 143 Å². The van der Waals surface area contributed by atoms with Gasteiger partial charge in [-0.2, -0.15) is 0 Å². The second-order valence-electron chi connectivity index (χ2n) is 5.84. The van der Waals surface area contributed by atoms with Crippen LogP contribution in [0, 0.1) is 5.92 Å². The first-order chi connectivity index (χ1) is 11.5. The highest BCUT2D eigenvalue weighted by atomic mass is 31.2. The average Bonchev–Trinajstić information content (AvgIpc) is 3.04. The van der Waals surface area contributed by atoms with E-state index in [0.29, 0.717) is 0 Å². The largest absolute Gasteiger partial charge is 0.329 e. The van der Waals surface area contributed by atoms with E-state index < -0.39 is 21.2 Å². The van der Waals surface area contributed by atoms with E-state index in [1.807, 2.05) is 54.6 Å². The Balaban J connectivity index is 2.05. The van der Waals surface area contributed by atoms with Gasteiger partial charge in [0, 0.05) is 5.92 Å². The number of hydrogen-bond acceptors (Lipinski definition) is 1. The number of hydrogen-bond donors (Lipinski definition) is 2. The summed E-state index contributed by atoms with van der Waals surface area (Å²) in [6.07, 6.45) is 5.87. The van der Waals surface area contributed by atoms with E-state index in [0.717, 1.165) is 5.31 Å². The van der Waals surface area contributed by atoms with Crippen LogP contribution in [-0.4, -0.2) is 15.4 Å². The van der Waals surface area contributed by atoms with Crippen molar-refractivity contribution in [1.29, 1.82) is 0 Å². The van der Waals surface area contributed by atoms with Crippen LogP contribution in [0.15, 0.2) is 84.2 Å². The zero-order chi connectivity index (χ0) is 17.2. The van der Waals surface area contributed by atoms with Crippen LogP contribution >= 0.6 is 15.5 Å². The first-order valence-electron chi connectivity index (χ1n) is 7.82. The predicted molar refractivity (Wildman–Crippen MR) is 101 cm³/mol. The molecule has 2 aromatic rings. The molecule has 124 valence electrons. The van der Waals surface area contributed by atoms with Crippen molar-refractivity contribution in [1.82, 2.24) is 0 Å². The quantitative estimate of drug-likeness (QED) is 0.801. The minimum absolute atomic E-state index is 0.239. The molecule has 0 amide bonds. The van der Waals surface area contributed by atoms with Crippen LogP contribution in [-0.2, 0) is 4.57 Å². The number of benzene rings is 2. The van der Waals surface area contributed by atoms with Crippen molar-refractivity contribution in [2.24, 2.45) is 5.92 Å². The van der Waals surface area contributed by atoms with Gasteiger partial charge in [-0.15, -0.1) is 0 Å². The van der Waals surface area contributed by atoms with Crippen LogP contribution in [0.4, 0.5) is 0 Å². The molecular formula is C19H20O3P2. The molecule has 0 bridgehead atoms. The maximum Gasteiger partial charge on any atom is 0.329 e. The van der Waals surface area contributed by atoms with Gasteiger partial charge in [-0.1, -0.05) is 85.8 Å². The number of rotatable bonds is 5. The van der Waals surface area contributed by atoms with Gasteiger partial charge in [0.05, 0.1) is 5.66 Å². The van der Waals surface area contributed by atoms with E-state index in [4.69, 9.17) is 0 Å². The summed E-state index contributed by atoms with van der Waals surface area (Å²) in [4.78, 5) is 19.3. The summed E-state index contributed by atoms with van der Waals surface area (Å²) in [5.74, 6) is -0.239. The van der Waals surface area contributed by atoms with Crippen LogP contribution in [0.25, 0.3) is 0 Å². The molecule has 0 fully saturated rings. The van der Waals surface area contributed by atoms with E-state index >= 15 is 0 Å². The summed E-state index contributed by atoms with van der Waals surface area (Å²) >= 11 is 0. The average molecular weight is 358 g/mol. The topological polar surface area (TPSA) is 57.5 Å². The van der Waals surface area contributed by atoms with Crippen LogP contribution in [0.5, 0.6) is 0 Å². The molecule has 0 heterocycles. The summed E-state index contributed by atoms with van der Waals surface area (Å²) in [5.41, 5.74) is -0.722. The van der Waals surface area contributed by atoms with E-state index in [-0.39, 0.29) is 5.92 Å². The minimum Gasteiger partial charge on any atom is -0.324 e. The molecule has 0 aromatic heterocycles. The van der Waals surface area contributed by atoms with Gasteiger partial charge in [0.2, 0.25) is 0 Å². The number of allylic oxidation sites excluding steroid dienone is 4. The second kappa shape index (κ2) is 7.17. The Morgan fingerprint density at radius 2 is 1.46 bits per heavy atom. The van der Waals surface area contributed by atoms with Gasteiger partial charge < -0.3 is 9.79 Å². The van der Waals surface area contributed by atoms with Gasteiger partial charge >= 0.3 is 7.60 Å². The van der Waals surface area contributed by atoms with Crippen molar-refractivity contribution in [3.8, 4) is 0 Å². The first-order valence-corrected chi connectivity index (χ1v) is 10.8. The lowest BCUT2D eigenvalue weighted by molar-refractivity contribution is 0.354. The van der Waals surface area contributed by atoms with Gasteiger partial charge in [0.15, 0.2) is 0 Å². The van der Waals surface area contributed by atoms with Crippen molar-refractivity contribution in [3.63, 3.8) is 0 Å². The Morgan fingerprint density at radius 3 is 1.92 bits per heavy atom. The van der Waals surface area contributed by atoms with Crippen LogP contribution in [0.3, 0.4) is 0 Å². The molecule has 2 atom stereocenters. The molecule has 0 aliphatic heterocycles. The Kier molecular flexibility index (Phi) is 5.18. The van der Waals surface area contributed by atoms with Gasteiger partial charge in [0.25, 0.3) is 0 Å². The molecule has 2 N–H and O–H groups in total. The fourth-order valence-electron chi connectivity index (χ4n) is 2.93. The fourth-order valence-corrected chi connectivity index (χ4v) is 6.40. The zero-order valence-corrected chi connectivity index (χ0v) is 15.1. The van der Waals surface area contributed by atoms with Crippen LogP contribution in [0.2, 0.25) is 0 Å². The minimum atomic E-state index is -4.15. The standard InChI is InChI=1S/C19H20O3P2/c1-15(24(20,21)22)18-13-8-14-19(18)23(16-9-4-2-5-10-16)17-11-6-3-7-12-17/h2-15,18H,1H3,(H2,20,21,22)/t15-,18+/m1/s1. The van der Waals surface area contributed by atoms with E-state index in [1.54, 1.807) is 6.92 Å². The molecule has 2 aromatic carbocycles.